The minimum absolute atomic E-state index is 0.355. The van der Waals surface area contributed by atoms with Crippen LogP contribution in [0.15, 0.2) is 0 Å². The van der Waals surface area contributed by atoms with Gasteiger partial charge < -0.3 is 10.1 Å². The second-order valence-electron chi connectivity index (χ2n) is 4.80. The standard InChI is InChI=1S/C10H21NO/c1-5-11-6-10(7-12-8-10)9(2,3)4/h11H,5-8H2,1-4H3. The first-order valence-corrected chi connectivity index (χ1v) is 4.80. The lowest BCUT2D eigenvalue weighted by atomic mass is 9.65. The fraction of sp³-hybridized carbons (Fsp3) is 1.00. The third-order valence-corrected chi connectivity index (χ3v) is 3.06. The molecule has 0 radical (unpaired) electrons. The smallest absolute Gasteiger partial charge is 0.0562 e. The van der Waals surface area contributed by atoms with Crippen molar-refractivity contribution in [3.8, 4) is 0 Å². The molecule has 0 saturated carbocycles. The largest absolute Gasteiger partial charge is 0.380 e. The molecule has 1 aliphatic rings. The summed E-state index contributed by atoms with van der Waals surface area (Å²) in [5.41, 5.74) is 0.733. The zero-order valence-electron chi connectivity index (χ0n) is 8.74. The number of nitrogens with one attached hydrogen (secondary N) is 1. The van der Waals surface area contributed by atoms with Gasteiger partial charge in [-0.25, -0.2) is 0 Å². The highest BCUT2D eigenvalue weighted by Gasteiger charge is 2.47. The summed E-state index contributed by atoms with van der Waals surface area (Å²) < 4.78 is 5.32. The Morgan fingerprint density at radius 2 is 1.92 bits per heavy atom. The molecular weight excluding hydrogens is 150 g/mol. The Balaban J connectivity index is 2.51. The SMILES string of the molecule is CCNCC1(C(C)(C)C)COC1. The van der Waals surface area contributed by atoms with Gasteiger partial charge in [0.15, 0.2) is 0 Å². The maximum absolute atomic E-state index is 5.32. The quantitative estimate of drug-likeness (QED) is 0.697. The van der Waals surface area contributed by atoms with Crippen molar-refractivity contribution in [1.82, 2.24) is 5.32 Å². The summed E-state index contributed by atoms with van der Waals surface area (Å²) in [6, 6.07) is 0. The normalized spacial score (nSPS) is 22.0. The number of ether oxygens (including phenoxy) is 1. The van der Waals surface area contributed by atoms with Crippen molar-refractivity contribution in [3.63, 3.8) is 0 Å². The third kappa shape index (κ3) is 1.64. The highest BCUT2D eigenvalue weighted by atomic mass is 16.5. The van der Waals surface area contributed by atoms with Crippen LogP contribution in [0, 0.1) is 10.8 Å². The molecule has 0 aliphatic carbocycles. The third-order valence-electron chi connectivity index (χ3n) is 3.06. The van der Waals surface area contributed by atoms with E-state index in [1.807, 2.05) is 0 Å². The van der Waals surface area contributed by atoms with Gasteiger partial charge in [-0.05, 0) is 12.0 Å². The van der Waals surface area contributed by atoms with Crippen molar-refractivity contribution >= 4 is 0 Å². The average molecular weight is 171 g/mol. The summed E-state index contributed by atoms with van der Waals surface area (Å²) in [6.45, 7) is 13.0. The highest BCUT2D eigenvalue weighted by Crippen LogP contribution is 2.43. The molecule has 0 unspecified atom stereocenters. The van der Waals surface area contributed by atoms with Crippen LogP contribution in [-0.2, 0) is 4.74 Å². The van der Waals surface area contributed by atoms with Crippen LogP contribution >= 0.6 is 0 Å². The molecule has 0 aromatic rings. The second kappa shape index (κ2) is 3.35. The first-order chi connectivity index (χ1) is 5.52. The molecule has 0 aromatic carbocycles. The molecule has 0 aromatic heterocycles. The predicted octanol–water partition coefficient (Wildman–Crippen LogP) is 1.66. The molecule has 0 spiro atoms. The van der Waals surface area contributed by atoms with Gasteiger partial charge in [0.05, 0.1) is 13.2 Å². The van der Waals surface area contributed by atoms with E-state index in [4.69, 9.17) is 4.74 Å². The topological polar surface area (TPSA) is 21.3 Å². The van der Waals surface area contributed by atoms with Crippen molar-refractivity contribution < 1.29 is 4.74 Å². The van der Waals surface area contributed by atoms with Crippen LogP contribution in [0.1, 0.15) is 27.7 Å². The van der Waals surface area contributed by atoms with Crippen LogP contribution < -0.4 is 5.32 Å². The Bertz CT molecular complexity index is 144. The van der Waals surface area contributed by atoms with Crippen molar-refractivity contribution in [2.75, 3.05) is 26.3 Å². The summed E-state index contributed by atoms with van der Waals surface area (Å²) in [5, 5.41) is 3.42. The molecule has 0 amide bonds. The summed E-state index contributed by atoms with van der Waals surface area (Å²) in [7, 11) is 0. The van der Waals surface area contributed by atoms with Gasteiger partial charge in [-0.2, -0.15) is 0 Å². The van der Waals surface area contributed by atoms with Crippen LogP contribution in [0.25, 0.3) is 0 Å². The van der Waals surface area contributed by atoms with E-state index in [0.717, 1.165) is 26.3 Å². The molecule has 1 saturated heterocycles. The molecule has 72 valence electrons. The van der Waals surface area contributed by atoms with E-state index in [1.54, 1.807) is 0 Å². The minimum Gasteiger partial charge on any atom is -0.380 e. The fourth-order valence-corrected chi connectivity index (χ4v) is 1.51. The van der Waals surface area contributed by atoms with Crippen molar-refractivity contribution in [2.24, 2.45) is 10.8 Å². The molecule has 1 aliphatic heterocycles. The maximum Gasteiger partial charge on any atom is 0.0562 e. The molecule has 2 nitrogen and oxygen atoms in total. The first-order valence-electron chi connectivity index (χ1n) is 4.80. The predicted molar refractivity (Wildman–Crippen MR) is 51.3 cm³/mol. The molecule has 1 fully saturated rings. The summed E-state index contributed by atoms with van der Waals surface area (Å²) in [4.78, 5) is 0. The van der Waals surface area contributed by atoms with E-state index in [2.05, 4.69) is 33.0 Å². The highest BCUT2D eigenvalue weighted by molar-refractivity contribution is 4.96. The molecule has 1 rings (SSSR count). The zero-order chi connectivity index (χ0) is 9.24. The monoisotopic (exact) mass is 171 g/mol. The van der Waals surface area contributed by atoms with E-state index >= 15 is 0 Å². The van der Waals surface area contributed by atoms with E-state index in [0.29, 0.717) is 10.8 Å². The second-order valence-corrected chi connectivity index (χ2v) is 4.80. The fourth-order valence-electron chi connectivity index (χ4n) is 1.51. The zero-order valence-corrected chi connectivity index (χ0v) is 8.74. The van der Waals surface area contributed by atoms with E-state index < -0.39 is 0 Å². The van der Waals surface area contributed by atoms with Crippen molar-refractivity contribution in [1.29, 1.82) is 0 Å². The Morgan fingerprint density at radius 1 is 1.33 bits per heavy atom. The van der Waals surface area contributed by atoms with E-state index in [1.165, 1.54) is 0 Å². The lowest BCUT2D eigenvalue weighted by Gasteiger charge is -2.51. The van der Waals surface area contributed by atoms with Gasteiger partial charge >= 0.3 is 0 Å². The van der Waals surface area contributed by atoms with Crippen LogP contribution in [-0.4, -0.2) is 26.3 Å². The minimum atomic E-state index is 0.355. The number of hydrogen-bond donors (Lipinski definition) is 1. The Hall–Kier alpha value is -0.0800. The van der Waals surface area contributed by atoms with Gasteiger partial charge in [0.2, 0.25) is 0 Å². The molecule has 12 heavy (non-hydrogen) atoms. The van der Waals surface area contributed by atoms with Crippen molar-refractivity contribution in [2.45, 2.75) is 27.7 Å². The maximum atomic E-state index is 5.32. The first kappa shape index (κ1) is 10.0. The lowest BCUT2D eigenvalue weighted by molar-refractivity contribution is -0.167. The lowest BCUT2D eigenvalue weighted by Crippen LogP contribution is -2.57. The van der Waals surface area contributed by atoms with E-state index in [-0.39, 0.29) is 0 Å². The average Bonchev–Trinajstić information content (AvgIpc) is 1.82. The van der Waals surface area contributed by atoms with Gasteiger partial charge in [-0.3, -0.25) is 0 Å². The van der Waals surface area contributed by atoms with Crippen LogP contribution in [0.4, 0.5) is 0 Å². The van der Waals surface area contributed by atoms with Crippen LogP contribution in [0.5, 0.6) is 0 Å². The molecular formula is C10H21NO. The molecule has 0 atom stereocenters. The summed E-state index contributed by atoms with van der Waals surface area (Å²) >= 11 is 0. The molecule has 1 N–H and O–H groups in total. The van der Waals surface area contributed by atoms with Gasteiger partial charge in [0, 0.05) is 12.0 Å². The summed E-state index contributed by atoms with van der Waals surface area (Å²) in [5.74, 6) is 0. The number of hydrogen-bond acceptors (Lipinski definition) is 2. The van der Waals surface area contributed by atoms with Gasteiger partial charge in [-0.15, -0.1) is 0 Å². The molecule has 0 bridgehead atoms. The van der Waals surface area contributed by atoms with E-state index in [9.17, 15) is 0 Å². The Labute approximate surface area is 75.7 Å². The van der Waals surface area contributed by atoms with Crippen LogP contribution in [0.3, 0.4) is 0 Å². The van der Waals surface area contributed by atoms with Gasteiger partial charge in [0.25, 0.3) is 0 Å². The van der Waals surface area contributed by atoms with Gasteiger partial charge in [-0.1, -0.05) is 27.7 Å². The Kier molecular flexibility index (Phi) is 2.79. The van der Waals surface area contributed by atoms with Gasteiger partial charge in [0.1, 0.15) is 0 Å². The number of rotatable bonds is 3. The summed E-state index contributed by atoms with van der Waals surface area (Å²) in [6.07, 6.45) is 0. The Morgan fingerprint density at radius 3 is 2.17 bits per heavy atom. The van der Waals surface area contributed by atoms with Crippen molar-refractivity contribution in [3.05, 3.63) is 0 Å². The molecule has 1 heterocycles. The van der Waals surface area contributed by atoms with Crippen LogP contribution in [0.2, 0.25) is 0 Å². The molecule has 2 heteroatoms.